The number of benzene rings is 3. The van der Waals surface area contributed by atoms with Gasteiger partial charge in [0.05, 0.1) is 18.6 Å². The average molecular weight is 633 g/mol. The summed E-state index contributed by atoms with van der Waals surface area (Å²) < 4.78 is 31.0. The van der Waals surface area contributed by atoms with Crippen molar-refractivity contribution >= 4 is 33.2 Å². The lowest BCUT2D eigenvalue weighted by Gasteiger charge is -2.23. The molecule has 0 unspecified atom stereocenters. The molecule has 1 aromatic heterocycles. The number of carbonyl (C=O) groups is 2. The number of thiophene rings is 1. The van der Waals surface area contributed by atoms with E-state index in [1.165, 1.54) is 0 Å². The predicted molar refractivity (Wildman–Crippen MR) is 176 cm³/mol. The number of unbranched alkanes of at least 4 members (excludes halogenated alkanes) is 1. The highest BCUT2D eigenvalue weighted by Crippen LogP contribution is 2.41. The van der Waals surface area contributed by atoms with Crippen molar-refractivity contribution in [3.63, 3.8) is 0 Å². The molecule has 0 saturated heterocycles. The molecule has 0 radical (unpaired) electrons. The Morgan fingerprint density at radius 3 is 1.93 bits per heavy atom. The van der Waals surface area contributed by atoms with E-state index in [1.807, 2.05) is 86.3 Å². The second-order valence-corrected chi connectivity index (χ2v) is 14.2. The molecule has 9 heteroatoms. The number of amides is 1. The quantitative estimate of drug-likeness (QED) is 0.119. The van der Waals surface area contributed by atoms with E-state index in [1.54, 1.807) is 24.3 Å². The number of hydrogen-bond donors (Lipinski definition) is 1. The largest absolute Gasteiger partial charge is 0.462 e. The summed E-state index contributed by atoms with van der Waals surface area (Å²) in [6, 6.07) is 26.8. The Balaban J connectivity index is 1.65. The number of ether oxygens (including phenoxy) is 1. The standard InChI is InChI=1S/C35H40N2O5S2/c1-4-5-20-42-34(39)33-30(21-25(2)3)43-35(44(36,40)41)32(33)29-18-16-26(17-19-29)22-31(38)37(23-27-12-8-6-9-13-27)24-28-14-10-7-11-15-28/h6-19,25H,4-5,20-24H2,1-3H3,(H2,36,40,41). The van der Waals surface area contributed by atoms with Gasteiger partial charge in [0.15, 0.2) is 0 Å². The minimum Gasteiger partial charge on any atom is -0.462 e. The van der Waals surface area contributed by atoms with Gasteiger partial charge in [-0.05, 0) is 41.0 Å². The predicted octanol–water partition coefficient (Wildman–Crippen LogP) is 6.99. The lowest BCUT2D eigenvalue weighted by molar-refractivity contribution is -0.131. The first-order chi connectivity index (χ1) is 21.1. The first kappa shape index (κ1) is 33.1. The third kappa shape index (κ3) is 8.87. The zero-order chi connectivity index (χ0) is 31.7. The van der Waals surface area contributed by atoms with E-state index in [0.717, 1.165) is 34.4 Å². The lowest BCUT2D eigenvalue weighted by atomic mass is 9.98. The van der Waals surface area contributed by atoms with Crippen LogP contribution in [0.4, 0.5) is 0 Å². The summed E-state index contributed by atoms with van der Waals surface area (Å²) in [4.78, 5) is 29.4. The highest BCUT2D eigenvalue weighted by atomic mass is 32.2. The number of nitrogens with zero attached hydrogens (tertiary/aromatic N) is 1. The van der Waals surface area contributed by atoms with Gasteiger partial charge in [0.2, 0.25) is 15.9 Å². The van der Waals surface area contributed by atoms with Gasteiger partial charge in [0, 0.05) is 23.5 Å². The molecule has 0 atom stereocenters. The van der Waals surface area contributed by atoms with Crippen molar-refractivity contribution in [2.24, 2.45) is 11.1 Å². The van der Waals surface area contributed by atoms with Crippen LogP contribution in [0.1, 0.15) is 65.5 Å². The second-order valence-electron chi connectivity index (χ2n) is 11.3. The third-order valence-electron chi connectivity index (χ3n) is 7.12. The number of primary sulfonamides is 1. The number of carbonyl (C=O) groups excluding carboxylic acids is 2. The molecule has 44 heavy (non-hydrogen) atoms. The van der Waals surface area contributed by atoms with E-state index in [-0.39, 0.29) is 40.2 Å². The van der Waals surface area contributed by atoms with Gasteiger partial charge in [-0.3, -0.25) is 4.79 Å². The highest BCUT2D eigenvalue weighted by Gasteiger charge is 2.31. The summed E-state index contributed by atoms with van der Waals surface area (Å²) in [6.07, 6.45) is 2.24. The Morgan fingerprint density at radius 2 is 1.43 bits per heavy atom. The fourth-order valence-corrected chi connectivity index (χ4v) is 7.47. The van der Waals surface area contributed by atoms with Gasteiger partial charge >= 0.3 is 5.97 Å². The first-order valence-corrected chi connectivity index (χ1v) is 17.2. The molecule has 3 aromatic carbocycles. The molecule has 0 spiro atoms. The summed E-state index contributed by atoms with van der Waals surface area (Å²) in [5, 5.41) is 5.67. The molecular formula is C35H40N2O5S2. The first-order valence-electron chi connectivity index (χ1n) is 14.9. The van der Waals surface area contributed by atoms with Crippen LogP contribution in [0.3, 0.4) is 0 Å². The number of rotatable bonds is 14. The van der Waals surface area contributed by atoms with Gasteiger partial charge in [0.25, 0.3) is 0 Å². The van der Waals surface area contributed by atoms with Crippen molar-refractivity contribution in [1.82, 2.24) is 4.90 Å². The zero-order valence-electron chi connectivity index (χ0n) is 25.5. The topological polar surface area (TPSA) is 107 Å². The van der Waals surface area contributed by atoms with Gasteiger partial charge in [-0.15, -0.1) is 11.3 Å². The van der Waals surface area contributed by atoms with Crippen LogP contribution >= 0.6 is 11.3 Å². The second kappa shape index (κ2) is 15.3. The fraction of sp³-hybridized carbons (Fsp3) is 0.314. The third-order valence-corrected chi connectivity index (χ3v) is 9.79. The van der Waals surface area contributed by atoms with E-state index in [0.29, 0.717) is 36.4 Å². The summed E-state index contributed by atoms with van der Waals surface area (Å²) >= 11 is 1.03. The number of nitrogens with two attached hydrogens (primary N) is 1. The van der Waals surface area contributed by atoms with Gasteiger partial charge < -0.3 is 9.64 Å². The van der Waals surface area contributed by atoms with Crippen LogP contribution in [0.5, 0.6) is 0 Å². The van der Waals surface area contributed by atoms with Crippen LogP contribution in [0, 0.1) is 5.92 Å². The Kier molecular flexibility index (Phi) is 11.5. The van der Waals surface area contributed by atoms with Crippen LogP contribution in [-0.2, 0) is 45.5 Å². The average Bonchev–Trinajstić information content (AvgIpc) is 3.37. The summed E-state index contributed by atoms with van der Waals surface area (Å²) in [5.41, 5.74) is 3.90. The van der Waals surface area contributed by atoms with Crippen LogP contribution < -0.4 is 5.14 Å². The van der Waals surface area contributed by atoms with E-state index < -0.39 is 16.0 Å². The Hall–Kier alpha value is -3.79. The lowest BCUT2D eigenvalue weighted by Crippen LogP contribution is -2.31. The van der Waals surface area contributed by atoms with E-state index >= 15 is 0 Å². The summed E-state index contributed by atoms with van der Waals surface area (Å²) in [7, 11) is -4.13. The molecule has 4 rings (SSSR count). The van der Waals surface area contributed by atoms with Gasteiger partial charge in [0.1, 0.15) is 4.21 Å². The van der Waals surface area contributed by atoms with Gasteiger partial charge in [-0.2, -0.15) is 0 Å². The van der Waals surface area contributed by atoms with Crippen molar-refractivity contribution in [3.05, 3.63) is 112 Å². The zero-order valence-corrected chi connectivity index (χ0v) is 27.1. The van der Waals surface area contributed by atoms with Crippen molar-refractivity contribution in [1.29, 1.82) is 0 Å². The maximum Gasteiger partial charge on any atom is 0.339 e. The molecule has 0 aliphatic rings. The maximum absolute atomic E-state index is 13.6. The maximum atomic E-state index is 13.6. The molecule has 1 amide bonds. The van der Waals surface area contributed by atoms with Crippen LogP contribution in [0.25, 0.3) is 11.1 Å². The van der Waals surface area contributed by atoms with E-state index in [9.17, 15) is 18.0 Å². The molecule has 0 fully saturated rings. The highest BCUT2D eigenvalue weighted by molar-refractivity contribution is 7.91. The molecule has 0 aliphatic carbocycles. The van der Waals surface area contributed by atoms with Gasteiger partial charge in [-0.25, -0.2) is 18.4 Å². The molecule has 2 N–H and O–H groups in total. The van der Waals surface area contributed by atoms with Crippen LogP contribution in [0.15, 0.2) is 89.1 Å². The number of hydrogen-bond acceptors (Lipinski definition) is 6. The number of sulfonamides is 1. The summed E-state index contributed by atoms with van der Waals surface area (Å²) in [6.45, 7) is 7.21. The molecule has 0 bridgehead atoms. The smallest absolute Gasteiger partial charge is 0.339 e. The van der Waals surface area contributed by atoms with Crippen molar-refractivity contribution < 1.29 is 22.7 Å². The van der Waals surface area contributed by atoms with Gasteiger partial charge in [-0.1, -0.05) is 112 Å². The molecule has 0 saturated carbocycles. The van der Waals surface area contributed by atoms with E-state index in [2.05, 4.69) is 0 Å². The van der Waals surface area contributed by atoms with Crippen molar-refractivity contribution in [2.75, 3.05) is 6.61 Å². The van der Waals surface area contributed by atoms with Crippen molar-refractivity contribution in [3.8, 4) is 11.1 Å². The Labute approximate surface area is 264 Å². The number of esters is 1. The monoisotopic (exact) mass is 632 g/mol. The molecule has 1 heterocycles. The Bertz CT molecular complexity index is 1610. The molecule has 0 aliphatic heterocycles. The minimum absolute atomic E-state index is 0.0365. The Morgan fingerprint density at radius 1 is 0.864 bits per heavy atom. The summed E-state index contributed by atoms with van der Waals surface area (Å²) in [5.74, 6) is -0.405. The fourth-order valence-electron chi connectivity index (χ4n) is 4.95. The van der Waals surface area contributed by atoms with Crippen LogP contribution in [-0.4, -0.2) is 31.8 Å². The van der Waals surface area contributed by atoms with E-state index in [4.69, 9.17) is 9.88 Å². The molecule has 7 nitrogen and oxygen atoms in total. The van der Waals surface area contributed by atoms with Crippen molar-refractivity contribution in [2.45, 2.75) is 63.8 Å². The molecule has 232 valence electrons. The normalized spacial score (nSPS) is 11.5. The molecular weight excluding hydrogens is 593 g/mol. The van der Waals surface area contributed by atoms with Crippen LogP contribution in [0.2, 0.25) is 0 Å². The SMILES string of the molecule is CCCCOC(=O)c1c(CC(C)C)sc(S(N)(=O)=O)c1-c1ccc(CC(=O)N(Cc2ccccc2)Cc2ccccc2)cc1. The molecule has 4 aromatic rings. The minimum atomic E-state index is -4.13.